The van der Waals surface area contributed by atoms with Gasteiger partial charge >= 0.3 is 0 Å². The molecule has 0 bridgehead atoms. The summed E-state index contributed by atoms with van der Waals surface area (Å²) >= 11 is 0. The Morgan fingerprint density at radius 2 is 0.727 bits per heavy atom. The first kappa shape index (κ1) is 16.4. The Bertz CT molecular complexity index is 589. The molecule has 0 aliphatic carbocycles. The summed E-state index contributed by atoms with van der Waals surface area (Å²) in [6, 6.07) is 9.12. The van der Waals surface area contributed by atoms with Gasteiger partial charge in [0.2, 0.25) is 0 Å². The summed E-state index contributed by atoms with van der Waals surface area (Å²) in [5, 5.41) is 0. The van der Waals surface area contributed by atoms with Crippen molar-refractivity contribution in [2.24, 2.45) is 0 Å². The first-order chi connectivity index (χ1) is 10.2. The molecule has 0 amide bonds. The molecule has 2 nitrogen and oxygen atoms in total. The maximum Gasteiger partial charge on any atom is 0.0366 e. The van der Waals surface area contributed by atoms with Crippen molar-refractivity contribution in [1.29, 1.82) is 0 Å². The molecule has 118 valence electrons. The predicted molar refractivity (Wildman–Crippen MR) is 99.5 cm³/mol. The van der Waals surface area contributed by atoms with Crippen LogP contribution in [0.4, 0.5) is 11.4 Å². The highest BCUT2D eigenvalue weighted by atomic mass is 15.1. The molecule has 0 aliphatic rings. The van der Waals surface area contributed by atoms with Crippen molar-refractivity contribution >= 4 is 11.4 Å². The van der Waals surface area contributed by atoms with E-state index in [0.29, 0.717) is 0 Å². The van der Waals surface area contributed by atoms with Crippen LogP contribution in [0, 0.1) is 27.7 Å². The Labute approximate surface area is 135 Å². The second kappa shape index (κ2) is 6.04. The van der Waals surface area contributed by atoms with Gasteiger partial charge in [0.1, 0.15) is 0 Å². The molecule has 0 atom stereocenters. The van der Waals surface area contributed by atoms with E-state index in [1.807, 2.05) is 0 Å². The second-order valence-corrected chi connectivity index (χ2v) is 6.70. The van der Waals surface area contributed by atoms with E-state index in [0.717, 1.165) is 0 Å². The van der Waals surface area contributed by atoms with Gasteiger partial charge in [-0.2, -0.15) is 0 Å². The molecule has 22 heavy (non-hydrogen) atoms. The molecule has 0 saturated carbocycles. The highest BCUT2D eigenvalue weighted by Crippen LogP contribution is 2.36. The van der Waals surface area contributed by atoms with Gasteiger partial charge in [-0.15, -0.1) is 0 Å². The normalized spacial score (nSPS) is 10.7. The summed E-state index contributed by atoms with van der Waals surface area (Å²) in [6.07, 6.45) is 0. The number of benzene rings is 2. The summed E-state index contributed by atoms with van der Waals surface area (Å²) in [5.41, 5.74) is 10.6. The number of hydrogen-bond acceptors (Lipinski definition) is 2. The van der Waals surface area contributed by atoms with E-state index >= 15 is 0 Å². The van der Waals surface area contributed by atoms with Crippen molar-refractivity contribution in [3.63, 3.8) is 0 Å². The van der Waals surface area contributed by atoms with Gasteiger partial charge in [-0.05, 0) is 85.3 Å². The fraction of sp³-hybridized carbons (Fsp3) is 0.400. The third-order valence-electron chi connectivity index (χ3n) is 4.32. The standard InChI is InChI=1S/C20H28N2/c1-13-9-17(21(5)6)10-14(2)19(13)20-15(3)11-18(22(7)8)12-16(20)4/h9-12H,1-8H3. The van der Waals surface area contributed by atoms with Gasteiger partial charge in [0, 0.05) is 39.6 Å². The van der Waals surface area contributed by atoms with Crippen molar-refractivity contribution in [3.05, 3.63) is 46.5 Å². The van der Waals surface area contributed by atoms with Crippen LogP contribution in [0.25, 0.3) is 11.1 Å². The monoisotopic (exact) mass is 296 g/mol. The zero-order valence-electron chi connectivity index (χ0n) is 15.2. The van der Waals surface area contributed by atoms with E-state index in [-0.39, 0.29) is 0 Å². The van der Waals surface area contributed by atoms with Crippen LogP contribution in [0.5, 0.6) is 0 Å². The number of aryl methyl sites for hydroxylation is 4. The molecule has 0 aliphatic heterocycles. The minimum atomic E-state index is 1.26. The molecule has 0 unspecified atom stereocenters. The molecule has 0 aromatic heterocycles. The molecule has 0 saturated heterocycles. The largest absolute Gasteiger partial charge is 0.378 e. The highest BCUT2D eigenvalue weighted by Gasteiger charge is 2.14. The van der Waals surface area contributed by atoms with Gasteiger partial charge in [0.25, 0.3) is 0 Å². The highest BCUT2D eigenvalue weighted by molar-refractivity contribution is 5.80. The molecule has 2 heteroatoms. The summed E-state index contributed by atoms with van der Waals surface area (Å²) in [4.78, 5) is 4.33. The number of rotatable bonds is 3. The lowest BCUT2D eigenvalue weighted by atomic mass is 9.88. The van der Waals surface area contributed by atoms with Crippen LogP contribution in [0.15, 0.2) is 24.3 Å². The third-order valence-corrected chi connectivity index (χ3v) is 4.32. The van der Waals surface area contributed by atoms with Crippen LogP contribution in [0.2, 0.25) is 0 Å². The fourth-order valence-corrected chi connectivity index (χ4v) is 3.19. The molecule has 2 aromatic carbocycles. The molecule has 0 fully saturated rings. The molecule has 0 spiro atoms. The first-order valence-corrected chi connectivity index (χ1v) is 7.80. The van der Waals surface area contributed by atoms with Crippen LogP contribution >= 0.6 is 0 Å². The van der Waals surface area contributed by atoms with Gasteiger partial charge in [0.05, 0.1) is 0 Å². The van der Waals surface area contributed by atoms with E-state index in [2.05, 4.69) is 90.0 Å². The maximum atomic E-state index is 2.28. The maximum absolute atomic E-state index is 2.28. The van der Waals surface area contributed by atoms with Crippen LogP contribution in [-0.4, -0.2) is 28.2 Å². The molecule has 2 aromatic rings. The summed E-state index contributed by atoms with van der Waals surface area (Å²) < 4.78 is 0. The number of anilines is 2. The van der Waals surface area contributed by atoms with Crippen LogP contribution in [-0.2, 0) is 0 Å². The van der Waals surface area contributed by atoms with E-state index in [1.54, 1.807) is 0 Å². The Morgan fingerprint density at radius 3 is 0.909 bits per heavy atom. The lowest BCUT2D eigenvalue weighted by Crippen LogP contribution is -2.10. The van der Waals surface area contributed by atoms with Gasteiger partial charge in [-0.1, -0.05) is 0 Å². The van der Waals surface area contributed by atoms with Crippen molar-refractivity contribution < 1.29 is 0 Å². The molecule has 0 heterocycles. The van der Waals surface area contributed by atoms with Gasteiger partial charge < -0.3 is 9.80 Å². The van der Waals surface area contributed by atoms with Crippen molar-refractivity contribution in [3.8, 4) is 11.1 Å². The van der Waals surface area contributed by atoms with Gasteiger partial charge in [-0.3, -0.25) is 0 Å². The topological polar surface area (TPSA) is 6.48 Å². The smallest absolute Gasteiger partial charge is 0.0366 e. The van der Waals surface area contributed by atoms with Crippen molar-refractivity contribution in [1.82, 2.24) is 0 Å². The zero-order valence-corrected chi connectivity index (χ0v) is 15.2. The molecule has 2 rings (SSSR count). The summed E-state index contributed by atoms with van der Waals surface area (Å²) in [7, 11) is 8.37. The average molecular weight is 296 g/mol. The van der Waals surface area contributed by atoms with E-state index in [4.69, 9.17) is 0 Å². The Morgan fingerprint density at radius 1 is 0.500 bits per heavy atom. The molecule has 0 radical (unpaired) electrons. The summed E-state index contributed by atoms with van der Waals surface area (Å²) in [6.45, 7) is 8.87. The quantitative estimate of drug-likeness (QED) is 0.808. The zero-order chi connectivity index (χ0) is 16.6. The third kappa shape index (κ3) is 2.96. The first-order valence-electron chi connectivity index (χ1n) is 7.80. The Kier molecular flexibility index (Phi) is 4.50. The Hall–Kier alpha value is -1.96. The SMILES string of the molecule is Cc1cc(N(C)C)cc(C)c1-c1c(C)cc(N(C)C)cc1C. The van der Waals surface area contributed by atoms with Crippen molar-refractivity contribution in [2.75, 3.05) is 38.0 Å². The van der Waals surface area contributed by atoms with E-state index in [1.165, 1.54) is 44.8 Å². The lowest BCUT2D eigenvalue weighted by molar-refractivity contribution is 1.12. The average Bonchev–Trinajstić information content (AvgIpc) is 2.40. The molecule has 0 N–H and O–H groups in total. The minimum Gasteiger partial charge on any atom is -0.378 e. The minimum absolute atomic E-state index is 1.26. The van der Waals surface area contributed by atoms with E-state index < -0.39 is 0 Å². The molecular weight excluding hydrogens is 268 g/mol. The van der Waals surface area contributed by atoms with Gasteiger partial charge in [0.15, 0.2) is 0 Å². The second-order valence-electron chi connectivity index (χ2n) is 6.70. The van der Waals surface area contributed by atoms with Crippen LogP contribution in [0.1, 0.15) is 22.3 Å². The number of nitrogens with zero attached hydrogens (tertiary/aromatic N) is 2. The lowest BCUT2D eigenvalue weighted by Gasteiger charge is -2.22. The molecular formula is C20H28N2. The fourth-order valence-electron chi connectivity index (χ4n) is 3.19. The Balaban J connectivity index is 2.67. The van der Waals surface area contributed by atoms with Crippen molar-refractivity contribution in [2.45, 2.75) is 27.7 Å². The summed E-state index contributed by atoms with van der Waals surface area (Å²) in [5.74, 6) is 0. The van der Waals surface area contributed by atoms with Crippen LogP contribution in [0.3, 0.4) is 0 Å². The number of hydrogen-bond donors (Lipinski definition) is 0. The predicted octanol–water partition coefficient (Wildman–Crippen LogP) is 4.72. The van der Waals surface area contributed by atoms with Crippen LogP contribution < -0.4 is 9.80 Å². The van der Waals surface area contributed by atoms with E-state index in [9.17, 15) is 0 Å². The van der Waals surface area contributed by atoms with Gasteiger partial charge in [-0.25, -0.2) is 0 Å².